The molecule has 3 aromatic heterocycles. The Morgan fingerprint density at radius 1 is 1.14 bits per heavy atom. The number of nitrogens with zero attached hydrogens (tertiary/aromatic N) is 7. The molecule has 0 amide bonds. The Bertz CT molecular complexity index is 748. The largest absolute Gasteiger partial charge is 0.365 e. The third-order valence-electron chi connectivity index (χ3n) is 3.34. The first-order chi connectivity index (χ1) is 10.1. The lowest BCUT2D eigenvalue weighted by atomic mass is 10.1. The number of hydrogen-bond acceptors (Lipinski definition) is 6. The summed E-state index contributed by atoms with van der Waals surface area (Å²) < 4.78 is 1.60. The number of hydrogen-bond donors (Lipinski definition) is 1. The van der Waals surface area contributed by atoms with Crippen molar-refractivity contribution in [2.75, 3.05) is 5.32 Å². The van der Waals surface area contributed by atoms with Gasteiger partial charge in [0.05, 0.1) is 12.4 Å². The van der Waals surface area contributed by atoms with Crippen molar-refractivity contribution in [1.29, 1.82) is 0 Å². The minimum absolute atomic E-state index is 0.199. The Labute approximate surface area is 126 Å². The van der Waals surface area contributed by atoms with Gasteiger partial charge in [-0.2, -0.15) is 29.8 Å². The molecule has 0 saturated heterocycles. The molecule has 3 aromatic rings. The summed E-state index contributed by atoms with van der Waals surface area (Å²) in [6, 6.07) is 0.199. The SMILES string of the molecule is CC(C)[C@@H](C)Nc1c(-n2nccn2)c(Cl)nc2ncnn12. The smallest absolute Gasteiger partial charge is 0.255 e. The number of nitrogens with one attached hydrogen (secondary N) is 1. The van der Waals surface area contributed by atoms with Crippen molar-refractivity contribution >= 4 is 23.2 Å². The molecule has 110 valence electrons. The fourth-order valence-corrected chi connectivity index (χ4v) is 2.07. The Morgan fingerprint density at radius 3 is 2.52 bits per heavy atom. The van der Waals surface area contributed by atoms with Crippen LogP contribution in [0.1, 0.15) is 20.8 Å². The highest BCUT2D eigenvalue weighted by Crippen LogP contribution is 2.27. The monoisotopic (exact) mass is 306 g/mol. The maximum Gasteiger partial charge on any atom is 0.255 e. The molecule has 0 aliphatic heterocycles. The van der Waals surface area contributed by atoms with Crippen molar-refractivity contribution < 1.29 is 0 Å². The number of fused-ring (bicyclic) bond motifs is 1. The summed E-state index contributed by atoms with van der Waals surface area (Å²) in [7, 11) is 0. The van der Waals surface area contributed by atoms with Crippen LogP contribution in [0.5, 0.6) is 0 Å². The number of anilines is 1. The van der Waals surface area contributed by atoms with Crippen LogP contribution >= 0.6 is 11.6 Å². The molecule has 1 N–H and O–H groups in total. The Hall–Kier alpha value is -2.22. The second-order valence-electron chi connectivity index (χ2n) is 5.07. The van der Waals surface area contributed by atoms with Crippen molar-refractivity contribution in [2.24, 2.45) is 5.92 Å². The van der Waals surface area contributed by atoms with E-state index in [0.717, 1.165) is 0 Å². The zero-order chi connectivity index (χ0) is 15.0. The fourth-order valence-electron chi connectivity index (χ4n) is 1.83. The topological polar surface area (TPSA) is 85.8 Å². The van der Waals surface area contributed by atoms with E-state index >= 15 is 0 Å². The molecule has 0 radical (unpaired) electrons. The summed E-state index contributed by atoms with van der Waals surface area (Å²) in [5, 5.41) is 16.1. The van der Waals surface area contributed by atoms with Crippen molar-refractivity contribution in [3.63, 3.8) is 0 Å². The van der Waals surface area contributed by atoms with E-state index in [0.29, 0.717) is 23.2 Å². The third-order valence-corrected chi connectivity index (χ3v) is 3.61. The maximum absolute atomic E-state index is 6.29. The third kappa shape index (κ3) is 2.42. The summed E-state index contributed by atoms with van der Waals surface area (Å²) in [5.74, 6) is 1.52. The molecular formula is C12H15ClN8. The van der Waals surface area contributed by atoms with Crippen LogP contribution in [0.25, 0.3) is 11.5 Å². The molecule has 3 rings (SSSR count). The van der Waals surface area contributed by atoms with Gasteiger partial charge in [0, 0.05) is 6.04 Å². The maximum atomic E-state index is 6.29. The van der Waals surface area contributed by atoms with Crippen molar-refractivity contribution in [1.82, 2.24) is 34.6 Å². The number of aromatic nitrogens is 7. The van der Waals surface area contributed by atoms with E-state index in [1.165, 1.54) is 11.1 Å². The molecule has 0 unspecified atom stereocenters. The number of halogens is 1. The van der Waals surface area contributed by atoms with E-state index in [4.69, 9.17) is 11.6 Å². The van der Waals surface area contributed by atoms with Crippen LogP contribution in [0.3, 0.4) is 0 Å². The average molecular weight is 307 g/mol. The molecule has 8 nitrogen and oxygen atoms in total. The van der Waals surface area contributed by atoms with Crippen molar-refractivity contribution in [2.45, 2.75) is 26.8 Å². The van der Waals surface area contributed by atoms with Gasteiger partial charge in [0.25, 0.3) is 5.78 Å². The Morgan fingerprint density at radius 2 is 1.86 bits per heavy atom. The Balaban J connectivity index is 2.22. The van der Waals surface area contributed by atoms with Gasteiger partial charge in [-0.25, -0.2) is 0 Å². The Kier molecular flexibility index (Phi) is 3.46. The predicted molar refractivity (Wildman–Crippen MR) is 78.6 cm³/mol. The van der Waals surface area contributed by atoms with Crippen LogP contribution in [0, 0.1) is 5.92 Å². The second kappa shape index (κ2) is 5.28. The van der Waals surface area contributed by atoms with Gasteiger partial charge in [-0.05, 0) is 12.8 Å². The van der Waals surface area contributed by atoms with E-state index in [9.17, 15) is 0 Å². The summed E-state index contributed by atoms with van der Waals surface area (Å²) in [4.78, 5) is 9.72. The van der Waals surface area contributed by atoms with Gasteiger partial charge in [-0.3, -0.25) is 0 Å². The van der Waals surface area contributed by atoms with Gasteiger partial charge >= 0.3 is 0 Å². The van der Waals surface area contributed by atoms with E-state index in [2.05, 4.69) is 51.4 Å². The fraction of sp³-hybridized carbons (Fsp3) is 0.417. The molecular weight excluding hydrogens is 292 g/mol. The summed E-state index contributed by atoms with van der Waals surface area (Å²) >= 11 is 6.29. The first-order valence-corrected chi connectivity index (χ1v) is 6.98. The van der Waals surface area contributed by atoms with Crippen LogP contribution in [-0.2, 0) is 0 Å². The molecule has 0 saturated carbocycles. The zero-order valence-corrected chi connectivity index (χ0v) is 12.7. The van der Waals surface area contributed by atoms with Crippen molar-refractivity contribution in [3.8, 4) is 5.69 Å². The van der Waals surface area contributed by atoms with Gasteiger partial charge < -0.3 is 5.32 Å². The lowest BCUT2D eigenvalue weighted by Gasteiger charge is -2.21. The molecule has 9 heteroatoms. The lowest BCUT2D eigenvalue weighted by molar-refractivity contribution is 0.555. The predicted octanol–water partition coefficient (Wildman–Crippen LogP) is 1.81. The standard InChI is InChI=1S/C12H15ClN8/c1-7(2)8(3)18-11-9(21-15-4-5-16-21)10(13)19-12-14-6-17-20(11)12/h4-8,18H,1-3H3/t8-/m1/s1. The van der Waals surface area contributed by atoms with Crippen LogP contribution in [-0.4, -0.2) is 40.6 Å². The molecule has 0 bridgehead atoms. The van der Waals surface area contributed by atoms with Crippen molar-refractivity contribution in [3.05, 3.63) is 23.9 Å². The minimum atomic E-state index is 0.199. The highest BCUT2D eigenvalue weighted by atomic mass is 35.5. The van der Waals surface area contributed by atoms with E-state index in [1.54, 1.807) is 16.9 Å². The molecule has 1 atom stereocenters. The average Bonchev–Trinajstić information content (AvgIpc) is 3.08. The minimum Gasteiger partial charge on any atom is -0.365 e. The van der Waals surface area contributed by atoms with E-state index in [-0.39, 0.29) is 11.2 Å². The first kappa shape index (κ1) is 13.7. The highest BCUT2D eigenvalue weighted by Gasteiger charge is 2.21. The molecule has 21 heavy (non-hydrogen) atoms. The number of rotatable bonds is 4. The van der Waals surface area contributed by atoms with E-state index < -0.39 is 0 Å². The molecule has 0 aromatic carbocycles. The molecule has 0 aliphatic rings. The quantitative estimate of drug-likeness (QED) is 0.740. The molecule has 3 heterocycles. The normalized spacial score (nSPS) is 13.0. The summed E-state index contributed by atoms with van der Waals surface area (Å²) in [6.45, 7) is 6.34. The van der Waals surface area contributed by atoms with Gasteiger partial charge in [0.15, 0.2) is 16.7 Å². The van der Waals surface area contributed by atoms with E-state index in [1.807, 2.05) is 0 Å². The molecule has 0 fully saturated rings. The van der Waals surface area contributed by atoms with Crippen LogP contribution < -0.4 is 5.32 Å². The van der Waals surface area contributed by atoms with Crippen LogP contribution in [0.4, 0.5) is 5.82 Å². The van der Waals surface area contributed by atoms with Gasteiger partial charge in [0.1, 0.15) is 6.33 Å². The van der Waals surface area contributed by atoms with Gasteiger partial charge in [-0.1, -0.05) is 25.4 Å². The second-order valence-corrected chi connectivity index (χ2v) is 5.43. The van der Waals surface area contributed by atoms with Crippen LogP contribution in [0.15, 0.2) is 18.7 Å². The lowest BCUT2D eigenvalue weighted by Crippen LogP contribution is -2.25. The van der Waals surface area contributed by atoms with Gasteiger partial charge in [-0.15, -0.1) is 4.80 Å². The summed E-state index contributed by atoms with van der Waals surface area (Å²) in [6.07, 6.45) is 4.60. The molecule has 0 spiro atoms. The highest BCUT2D eigenvalue weighted by molar-refractivity contribution is 6.31. The first-order valence-electron chi connectivity index (χ1n) is 6.60. The molecule has 0 aliphatic carbocycles. The summed E-state index contributed by atoms with van der Waals surface area (Å²) in [5.41, 5.74) is 0.548. The van der Waals surface area contributed by atoms with Crippen LogP contribution in [0.2, 0.25) is 5.15 Å². The zero-order valence-electron chi connectivity index (χ0n) is 11.9. The van der Waals surface area contributed by atoms with Gasteiger partial charge in [0.2, 0.25) is 0 Å².